The van der Waals surface area contributed by atoms with Gasteiger partial charge in [0.1, 0.15) is 11.6 Å². The molecule has 0 spiro atoms. The van der Waals surface area contributed by atoms with Gasteiger partial charge in [-0.1, -0.05) is 23.7 Å². The van der Waals surface area contributed by atoms with Crippen LogP contribution in [0.3, 0.4) is 0 Å². The molecule has 0 unspecified atom stereocenters. The Bertz CT molecular complexity index is 1220. The first-order chi connectivity index (χ1) is 16.9. The molecule has 1 aliphatic heterocycles. The fraction of sp³-hybridized carbons (Fsp3) is 0.259. The van der Waals surface area contributed by atoms with E-state index in [4.69, 9.17) is 21.7 Å². The third-order valence-electron chi connectivity index (χ3n) is 6.00. The molecule has 35 heavy (non-hydrogen) atoms. The number of carbonyl (C=O) groups is 2. The minimum atomic E-state index is -0.343. The first kappa shape index (κ1) is 24.4. The lowest BCUT2D eigenvalue weighted by Crippen LogP contribution is -2.35. The summed E-state index contributed by atoms with van der Waals surface area (Å²) in [5.74, 6) is 0.440. The van der Waals surface area contributed by atoms with Gasteiger partial charge in [-0.2, -0.15) is 0 Å². The molecule has 0 radical (unpaired) electrons. The summed E-state index contributed by atoms with van der Waals surface area (Å²) >= 11 is 5.89. The first-order valence-corrected chi connectivity index (χ1v) is 11.9. The second kappa shape index (κ2) is 11.1. The molecule has 1 saturated heterocycles. The van der Waals surface area contributed by atoms with Gasteiger partial charge >= 0.3 is 0 Å². The van der Waals surface area contributed by atoms with E-state index in [-0.39, 0.29) is 18.1 Å². The van der Waals surface area contributed by atoms with Gasteiger partial charge in [-0.25, -0.2) is 0 Å². The van der Waals surface area contributed by atoms with Crippen LogP contribution in [-0.4, -0.2) is 47.6 Å². The third kappa shape index (κ3) is 6.05. The Labute approximate surface area is 209 Å². The Morgan fingerprint density at radius 2 is 1.74 bits per heavy atom. The van der Waals surface area contributed by atoms with E-state index in [1.165, 1.54) is 19.7 Å². The number of rotatable bonds is 7. The van der Waals surface area contributed by atoms with E-state index in [1.54, 1.807) is 54.6 Å². The van der Waals surface area contributed by atoms with Crippen LogP contribution in [0.25, 0.3) is 0 Å². The lowest BCUT2D eigenvalue weighted by Gasteiger charge is -2.29. The number of amides is 1. The molecule has 180 valence electrons. The smallest absolute Gasteiger partial charge is 0.255 e. The fourth-order valence-electron chi connectivity index (χ4n) is 4.03. The average Bonchev–Trinajstić information content (AvgIpc) is 2.90. The number of benzene rings is 2. The van der Waals surface area contributed by atoms with Crippen LogP contribution in [0.2, 0.25) is 5.02 Å². The molecule has 2 N–H and O–H groups in total. The van der Waals surface area contributed by atoms with Crippen molar-refractivity contribution in [2.24, 2.45) is 0 Å². The number of anilines is 1. The molecule has 8 heteroatoms. The van der Waals surface area contributed by atoms with Gasteiger partial charge in [0.25, 0.3) is 5.91 Å². The molecule has 0 bridgehead atoms. The second-order valence-corrected chi connectivity index (χ2v) is 8.84. The van der Waals surface area contributed by atoms with Crippen LogP contribution in [0, 0.1) is 5.41 Å². The molecule has 1 amide bonds. The molecule has 3 aromatic rings. The quantitative estimate of drug-likeness (QED) is 0.268. The standard InChI is InChI=1S/C27H27ClN4O3/c1-35-22-11-12-24(23(16-22)25(33)15-21-10-9-20(28)17-30-21)31-27(34)19-7-5-18(6-8-19)26(29)32-13-3-2-4-14-32/h5-12,16-17,29H,2-4,13-15H2,1H3,(H,31,34). The zero-order chi connectivity index (χ0) is 24.8. The molecule has 2 heterocycles. The number of methoxy groups -OCH3 is 1. The summed E-state index contributed by atoms with van der Waals surface area (Å²) in [6.45, 7) is 1.78. The predicted molar refractivity (Wildman–Crippen MR) is 137 cm³/mol. The second-order valence-electron chi connectivity index (χ2n) is 8.41. The number of pyridine rings is 1. The lowest BCUT2D eigenvalue weighted by molar-refractivity contribution is 0.0992. The van der Waals surface area contributed by atoms with Crippen molar-refractivity contribution in [3.8, 4) is 5.75 Å². The Balaban J connectivity index is 1.49. The first-order valence-electron chi connectivity index (χ1n) is 11.5. The topological polar surface area (TPSA) is 95.4 Å². The van der Waals surface area contributed by atoms with Crippen LogP contribution in [0.1, 0.15) is 51.2 Å². The Hall–Kier alpha value is -3.71. The molecule has 0 saturated carbocycles. The SMILES string of the molecule is COc1ccc(NC(=O)c2ccc(C(=N)N3CCCCC3)cc2)c(C(=O)Cc2ccc(Cl)cn2)c1. The van der Waals surface area contributed by atoms with Crippen molar-refractivity contribution < 1.29 is 14.3 Å². The van der Waals surface area contributed by atoms with Crippen LogP contribution >= 0.6 is 11.6 Å². The number of halogens is 1. The van der Waals surface area contributed by atoms with Gasteiger partial charge in [-0.05, 0) is 61.7 Å². The Kier molecular flexibility index (Phi) is 7.77. The molecular weight excluding hydrogens is 464 g/mol. The highest BCUT2D eigenvalue weighted by atomic mass is 35.5. The van der Waals surface area contributed by atoms with Crippen LogP contribution in [-0.2, 0) is 6.42 Å². The summed E-state index contributed by atoms with van der Waals surface area (Å²) in [5.41, 5.74) is 2.51. The maximum atomic E-state index is 13.1. The number of aromatic nitrogens is 1. The number of ether oxygens (including phenoxy) is 1. The monoisotopic (exact) mass is 490 g/mol. The van der Waals surface area contributed by atoms with Crippen molar-refractivity contribution in [2.75, 3.05) is 25.5 Å². The van der Waals surface area contributed by atoms with Crippen molar-refractivity contribution in [3.05, 3.63) is 88.2 Å². The lowest BCUT2D eigenvalue weighted by atomic mass is 10.0. The maximum absolute atomic E-state index is 13.1. The summed E-state index contributed by atoms with van der Waals surface area (Å²) < 4.78 is 5.28. The van der Waals surface area contributed by atoms with Gasteiger partial charge in [0, 0.05) is 41.7 Å². The number of nitrogens with one attached hydrogen (secondary N) is 2. The zero-order valence-electron chi connectivity index (χ0n) is 19.5. The zero-order valence-corrected chi connectivity index (χ0v) is 20.3. The molecule has 1 fully saturated rings. The summed E-state index contributed by atoms with van der Waals surface area (Å²) in [5, 5.41) is 11.8. The van der Waals surface area contributed by atoms with E-state index in [0.717, 1.165) is 31.5 Å². The Morgan fingerprint density at radius 1 is 1.03 bits per heavy atom. The van der Waals surface area contributed by atoms with Crippen molar-refractivity contribution in [1.82, 2.24) is 9.88 Å². The maximum Gasteiger partial charge on any atom is 0.255 e. The number of piperidine rings is 1. The van der Waals surface area contributed by atoms with E-state index in [0.29, 0.717) is 39.1 Å². The van der Waals surface area contributed by atoms with Crippen LogP contribution in [0.5, 0.6) is 5.75 Å². The van der Waals surface area contributed by atoms with Crippen molar-refractivity contribution in [2.45, 2.75) is 25.7 Å². The average molecular weight is 491 g/mol. The van der Waals surface area contributed by atoms with Crippen LogP contribution < -0.4 is 10.1 Å². The van der Waals surface area contributed by atoms with Gasteiger partial charge in [0.15, 0.2) is 5.78 Å². The van der Waals surface area contributed by atoms with E-state index in [2.05, 4.69) is 15.2 Å². The molecule has 1 aliphatic rings. The van der Waals surface area contributed by atoms with E-state index in [1.807, 2.05) is 0 Å². The van der Waals surface area contributed by atoms with Gasteiger partial charge in [-0.15, -0.1) is 0 Å². The molecule has 4 rings (SSSR count). The molecule has 0 aliphatic carbocycles. The largest absolute Gasteiger partial charge is 0.497 e. The summed E-state index contributed by atoms with van der Waals surface area (Å²) in [6.07, 6.45) is 4.95. The fourth-order valence-corrected chi connectivity index (χ4v) is 4.15. The van der Waals surface area contributed by atoms with E-state index >= 15 is 0 Å². The number of carbonyl (C=O) groups excluding carboxylic acids is 2. The molecular formula is C27H27ClN4O3. The molecule has 1 aromatic heterocycles. The summed E-state index contributed by atoms with van der Waals surface area (Å²) in [4.78, 5) is 32.3. The van der Waals surface area contributed by atoms with Crippen LogP contribution in [0.15, 0.2) is 60.8 Å². The number of hydrogen-bond donors (Lipinski definition) is 2. The minimum absolute atomic E-state index is 0.0561. The normalized spacial score (nSPS) is 13.3. The molecule has 2 aromatic carbocycles. The number of nitrogens with zero attached hydrogens (tertiary/aromatic N) is 2. The van der Waals surface area contributed by atoms with Crippen molar-refractivity contribution in [3.63, 3.8) is 0 Å². The van der Waals surface area contributed by atoms with Crippen molar-refractivity contribution >= 4 is 34.8 Å². The highest BCUT2D eigenvalue weighted by Gasteiger charge is 2.18. The highest BCUT2D eigenvalue weighted by Crippen LogP contribution is 2.25. The predicted octanol–water partition coefficient (Wildman–Crippen LogP) is 5.23. The number of hydrogen-bond acceptors (Lipinski definition) is 5. The molecule has 7 nitrogen and oxygen atoms in total. The van der Waals surface area contributed by atoms with Crippen LogP contribution in [0.4, 0.5) is 5.69 Å². The third-order valence-corrected chi connectivity index (χ3v) is 6.22. The van der Waals surface area contributed by atoms with Crippen molar-refractivity contribution in [1.29, 1.82) is 5.41 Å². The van der Waals surface area contributed by atoms with Gasteiger partial charge < -0.3 is 15.0 Å². The Morgan fingerprint density at radius 3 is 2.40 bits per heavy atom. The summed E-state index contributed by atoms with van der Waals surface area (Å²) in [6, 6.07) is 15.3. The number of amidine groups is 1. The van der Waals surface area contributed by atoms with Gasteiger partial charge in [0.2, 0.25) is 0 Å². The number of Topliss-reactive ketones (excluding diaryl/α,β-unsaturated/α-hetero) is 1. The summed E-state index contributed by atoms with van der Waals surface area (Å²) in [7, 11) is 1.52. The van der Waals surface area contributed by atoms with Gasteiger partial charge in [0.05, 0.1) is 24.2 Å². The van der Waals surface area contributed by atoms with E-state index in [9.17, 15) is 9.59 Å². The number of ketones is 1. The number of likely N-dealkylation sites (tertiary alicyclic amines) is 1. The van der Waals surface area contributed by atoms with Gasteiger partial charge in [-0.3, -0.25) is 20.0 Å². The van der Waals surface area contributed by atoms with E-state index < -0.39 is 0 Å². The molecule has 0 atom stereocenters. The minimum Gasteiger partial charge on any atom is -0.497 e. The highest BCUT2D eigenvalue weighted by molar-refractivity contribution is 6.30.